The van der Waals surface area contributed by atoms with E-state index in [0.29, 0.717) is 33.0 Å². The van der Waals surface area contributed by atoms with E-state index in [2.05, 4.69) is 24.4 Å². The van der Waals surface area contributed by atoms with E-state index in [1.54, 1.807) is 0 Å². The van der Waals surface area contributed by atoms with Crippen molar-refractivity contribution < 1.29 is 18.9 Å². The first-order valence-electron chi connectivity index (χ1n) is 7.69. The second-order valence-corrected chi connectivity index (χ2v) is 5.40. The second-order valence-electron chi connectivity index (χ2n) is 5.40. The smallest absolute Gasteiger partial charge is 0.161 e. The minimum Gasteiger partial charge on any atom is -0.486 e. The van der Waals surface area contributed by atoms with Crippen molar-refractivity contribution in [2.75, 3.05) is 39.6 Å². The minimum atomic E-state index is 0.168. The normalized spacial score (nSPS) is 19.1. The zero-order chi connectivity index (χ0) is 14.5. The Morgan fingerprint density at radius 1 is 1.24 bits per heavy atom. The second kappa shape index (κ2) is 7.11. The van der Waals surface area contributed by atoms with Crippen LogP contribution in [0.2, 0.25) is 0 Å². The van der Waals surface area contributed by atoms with E-state index in [-0.39, 0.29) is 12.1 Å². The van der Waals surface area contributed by atoms with Crippen LogP contribution in [0, 0.1) is 0 Å². The number of rotatable bonds is 7. The minimum absolute atomic E-state index is 0.168. The summed E-state index contributed by atoms with van der Waals surface area (Å²) in [7, 11) is 0. The Labute approximate surface area is 125 Å². The zero-order valence-corrected chi connectivity index (χ0v) is 12.5. The van der Waals surface area contributed by atoms with Gasteiger partial charge >= 0.3 is 0 Å². The first-order valence-corrected chi connectivity index (χ1v) is 7.69. The molecule has 1 unspecified atom stereocenters. The van der Waals surface area contributed by atoms with Crippen molar-refractivity contribution in [3.63, 3.8) is 0 Å². The molecule has 0 radical (unpaired) electrons. The van der Waals surface area contributed by atoms with Crippen LogP contribution in [0.1, 0.15) is 24.9 Å². The third-order valence-corrected chi connectivity index (χ3v) is 3.72. The fourth-order valence-corrected chi connectivity index (χ4v) is 2.41. The summed E-state index contributed by atoms with van der Waals surface area (Å²) in [5.41, 5.74) is 1.17. The number of benzene rings is 1. The van der Waals surface area contributed by atoms with Crippen molar-refractivity contribution in [1.29, 1.82) is 0 Å². The average Bonchev–Trinajstić information content (AvgIpc) is 2.48. The number of hydrogen-bond donors (Lipinski definition) is 1. The lowest BCUT2D eigenvalue weighted by Crippen LogP contribution is -2.38. The first kappa shape index (κ1) is 14.6. The fourth-order valence-electron chi connectivity index (χ4n) is 2.41. The molecule has 2 aliphatic rings. The van der Waals surface area contributed by atoms with Crippen LogP contribution < -0.4 is 14.8 Å². The lowest BCUT2D eigenvalue weighted by Gasteiger charge is -2.29. The topological polar surface area (TPSA) is 49.0 Å². The van der Waals surface area contributed by atoms with Crippen molar-refractivity contribution in [3.8, 4) is 11.5 Å². The molecule has 5 nitrogen and oxygen atoms in total. The molecule has 0 spiro atoms. The number of nitrogens with one attached hydrogen (secondary N) is 1. The van der Waals surface area contributed by atoms with Crippen LogP contribution in [-0.2, 0) is 9.47 Å². The molecule has 3 rings (SSSR count). The van der Waals surface area contributed by atoms with Crippen LogP contribution in [0.5, 0.6) is 11.5 Å². The summed E-state index contributed by atoms with van der Waals surface area (Å²) in [6.45, 7) is 6.42. The predicted octanol–water partition coefficient (Wildman–Crippen LogP) is 1.91. The number of hydrogen-bond acceptors (Lipinski definition) is 5. The summed E-state index contributed by atoms with van der Waals surface area (Å²) in [4.78, 5) is 0. The van der Waals surface area contributed by atoms with E-state index >= 15 is 0 Å². The van der Waals surface area contributed by atoms with E-state index in [1.807, 2.05) is 6.07 Å². The Hall–Kier alpha value is -1.30. The van der Waals surface area contributed by atoms with Crippen molar-refractivity contribution in [1.82, 2.24) is 5.32 Å². The molecule has 2 heterocycles. The Bertz CT molecular complexity index is 462. The molecule has 1 N–H and O–H groups in total. The maximum atomic E-state index is 5.88. The van der Waals surface area contributed by atoms with Gasteiger partial charge in [0.25, 0.3) is 0 Å². The average molecular weight is 293 g/mol. The summed E-state index contributed by atoms with van der Waals surface area (Å²) in [6.07, 6.45) is 1.33. The molecule has 0 saturated carbocycles. The number of fused-ring (bicyclic) bond motifs is 1. The SMILES string of the molecule is CCCNC(COC1COC1)c1ccc2c(c1)OCCO2. The van der Waals surface area contributed by atoms with Crippen LogP contribution >= 0.6 is 0 Å². The van der Waals surface area contributed by atoms with E-state index in [0.717, 1.165) is 24.5 Å². The highest BCUT2D eigenvalue weighted by atomic mass is 16.6. The van der Waals surface area contributed by atoms with E-state index in [4.69, 9.17) is 18.9 Å². The molecule has 116 valence electrons. The molecule has 5 heteroatoms. The van der Waals surface area contributed by atoms with Gasteiger partial charge < -0.3 is 24.3 Å². The molecule has 0 amide bonds. The lowest BCUT2D eigenvalue weighted by atomic mass is 10.1. The van der Waals surface area contributed by atoms with Gasteiger partial charge in [-0.3, -0.25) is 0 Å². The number of ether oxygens (including phenoxy) is 4. The molecule has 2 aliphatic heterocycles. The third-order valence-electron chi connectivity index (χ3n) is 3.72. The molecular formula is C16H23NO4. The molecule has 21 heavy (non-hydrogen) atoms. The van der Waals surface area contributed by atoms with Crippen molar-refractivity contribution in [2.24, 2.45) is 0 Å². The summed E-state index contributed by atoms with van der Waals surface area (Å²) in [5.74, 6) is 1.65. The van der Waals surface area contributed by atoms with Crippen LogP contribution in [0.25, 0.3) is 0 Å². The Balaban J connectivity index is 1.67. The summed E-state index contributed by atoms with van der Waals surface area (Å²) >= 11 is 0. The van der Waals surface area contributed by atoms with Crippen molar-refractivity contribution >= 4 is 0 Å². The zero-order valence-electron chi connectivity index (χ0n) is 12.5. The van der Waals surface area contributed by atoms with Gasteiger partial charge in [0.1, 0.15) is 19.3 Å². The Morgan fingerprint density at radius 3 is 2.76 bits per heavy atom. The van der Waals surface area contributed by atoms with Crippen molar-refractivity contribution in [2.45, 2.75) is 25.5 Å². The van der Waals surface area contributed by atoms with Crippen molar-refractivity contribution in [3.05, 3.63) is 23.8 Å². The largest absolute Gasteiger partial charge is 0.486 e. The van der Waals surface area contributed by atoms with E-state index in [1.165, 1.54) is 5.56 Å². The van der Waals surface area contributed by atoms with Gasteiger partial charge in [0.05, 0.1) is 25.9 Å². The summed E-state index contributed by atoms with van der Waals surface area (Å²) < 4.78 is 22.3. The molecule has 1 atom stereocenters. The van der Waals surface area contributed by atoms with Gasteiger partial charge in [0, 0.05) is 0 Å². The summed E-state index contributed by atoms with van der Waals surface area (Å²) in [6, 6.07) is 6.29. The van der Waals surface area contributed by atoms with Gasteiger partial charge in [-0.25, -0.2) is 0 Å². The Morgan fingerprint density at radius 2 is 2.05 bits per heavy atom. The van der Waals surface area contributed by atoms with Crippen LogP contribution in [0.15, 0.2) is 18.2 Å². The lowest BCUT2D eigenvalue weighted by molar-refractivity contribution is -0.133. The van der Waals surface area contributed by atoms with Gasteiger partial charge in [0.2, 0.25) is 0 Å². The molecule has 1 fully saturated rings. The highest BCUT2D eigenvalue weighted by Crippen LogP contribution is 2.32. The molecule has 1 saturated heterocycles. The van der Waals surface area contributed by atoms with Gasteiger partial charge in [-0.1, -0.05) is 13.0 Å². The van der Waals surface area contributed by atoms with Gasteiger partial charge in [-0.2, -0.15) is 0 Å². The van der Waals surface area contributed by atoms with Crippen LogP contribution in [0.3, 0.4) is 0 Å². The Kier molecular flexibility index (Phi) is 4.95. The molecule has 0 bridgehead atoms. The van der Waals surface area contributed by atoms with E-state index < -0.39 is 0 Å². The molecule has 0 aromatic heterocycles. The van der Waals surface area contributed by atoms with Crippen LogP contribution in [0.4, 0.5) is 0 Å². The highest BCUT2D eigenvalue weighted by Gasteiger charge is 2.22. The van der Waals surface area contributed by atoms with Gasteiger partial charge in [-0.15, -0.1) is 0 Å². The first-order chi connectivity index (χ1) is 10.4. The molecular weight excluding hydrogens is 270 g/mol. The van der Waals surface area contributed by atoms with Crippen LogP contribution in [-0.4, -0.2) is 45.7 Å². The monoisotopic (exact) mass is 293 g/mol. The summed E-state index contributed by atoms with van der Waals surface area (Å²) in [5, 5.41) is 3.53. The quantitative estimate of drug-likeness (QED) is 0.832. The standard InChI is InChI=1S/C16H23NO4/c1-2-5-17-14(11-21-13-9-18-10-13)12-3-4-15-16(8-12)20-7-6-19-15/h3-4,8,13-14,17H,2,5-7,9-11H2,1H3. The third kappa shape index (κ3) is 3.67. The fraction of sp³-hybridized carbons (Fsp3) is 0.625. The molecule has 1 aromatic carbocycles. The molecule has 0 aliphatic carbocycles. The van der Waals surface area contributed by atoms with Gasteiger partial charge in [0.15, 0.2) is 11.5 Å². The highest BCUT2D eigenvalue weighted by molar-refractivity contribution is 5.44. The maximum absolute atomic E-state index is 5.88. The van der Waals surface area contributed by atoms with Gasteiger partial charge in [-0.05, 0) is 30.7 Å². The maximum Gasteiger partial charge on any atom is 0.161 e. The molecule has 1 aromatic rings. The van der Waals surface area contributed by atoms with E-state index in [9.17, 15) is 0 Å². The predicted molar refractivity (Wildman–Crippen MR) is 79.0 cm³/mol.